The fourth-order valence-electron chi connectivity index (χ4n) is 2.05. The van der Waals surface area contributed by atoms with Crippen molar-refractivity contribution in [3.8, 4) is 0 Å². The van der Waals surface area contributed by atoms with Gasteiger partial charge in [-0.05, 0) is 45.8 Å². The monoisotopic (exact) mass is 232 g/mol. The molecule has 1 aliphatic rings. The van der Waals surface area contributed by atoms with Crippen molar-refractivity contribution < 1.29 is 8.78 Å². The van der Waals surface area contributed by atoms with E-state index < -0.39 is 6.43 Å². The van der Waals surface area contributed by atoms with Gasteiger partial charge in [-0.2, -0.15) is 0 Å². The molecule has 0 bridgehead atoms. The molecule has 1 saturated heterocycles. The standard InChI is InChI=1S/C12H22F2N2/c1-2-3-4-7-15-11-5-8-16(9-6-11)10-12(13)14/h2-3,11-12,15H,4-10H2,1H3/b3-2+. The summed E-state index contributed by atoms with van der Waals surface area (Å²) in [5.41, 5.74) is 0. The molecule has 4 heteroatoms. The van der Waals surface area contributed by atoms with Gasteiger partial charge in [0.15, 0.2) is 0 Å². The van der Waals surface area contributed by atoms with Gasteiger partial charge in [0.25, 0.3) is 6.43 Å². The third kappa shape index (κ3) is 5.56. The van der Waals surface area contributed by atoms with Crippen LogP contribution in [0.1, 0.15) is 26.2 Å². The predicted octanol–water partition coefficient (Wildman–Crippen LogP) is 2.27. The molecule has 0 unspecified atom stereocenters. The molecule has 94 valence electrons. The number of hydrogen-bond acceptors (Lipinski definition) is 2. The number of likely N-dealkylation sites (tertiary alicyclic amines) is 1. The van der Waals surface area contributed by atoms with Gasteiger partial charge in [-0.1, -0.05) is 12.2 Å². The summed E-state index contributed by atoms with van der Waals surface area (Å²) in [5, 5.41) is 3.46. The van der Waals surface area contributed by atoms with E-state index in [1.165, 1.54) is 0 Å². The van der Waals surface area contributed by atoms with Gasteiger partial charge in [-0.15, -0.1) is 0 Å². The molecule has 0 aromatic rings. The summed E-state index contributed by atoms with van der Waals surface area (Å²) < 4.78 is 24.3. The van der Waals surface area contributed by atoms with Crippen LogP contribution in [0.15, 0.2) is 12.2 Å². The van der Waals surface area contributed by atoms with E-state index >= 15 is 0 Å². The van der Waals surface area contributed by atoms with Crippen LogP contribution in [0.25, 0.3) is 0 Å². The van der Waals surface area contributed by atoms with E-state index in [0.717, 1.165) is 38.9 Å². The summed E-state index contributed by atoms with van der Waals surface area (Å²) in [6.45, 7) is 4.54. The smallest absolute Gasteiger partial charge is 0.251 e. The Morgan fingerprint density at radius 2 is 2.06 bits per heavy atom. The van der Waals surface area contributed by atoms with Gasteiger partial charge in [0.2, 0.25) is 0 Å². The van der Waals surface area contributed by atoms with Crippen molar-refractivity contribution in [3.63, 3.8) is 0 Å². The predicted molar refractivity (Wildman–Crippen MR) is 62.9 cm³/mol. The van der Waals surface area contributed by atoms with E-state index in [4.69, 9.17) is 0 Å². The maximum Gasteiger partial charge on any atom is 0.251 e. The van der Waals surface area contributed by atoms with Crippen molar-refractivity contribution >= 4 is 0 Å². The molecule has 1 rings (SSSR count). The molecular weight excluding hydrogens is 210 g/mol. The van der Waals surface area contributed by atoms with E-state index in [-0.39, 0.29) is 6.54 Å². The minimum absolute atomic E-state index is 0.0642. The average Bonchev–Trinajstić information content (AvgIpc) is 2.26. The molecule has 0 amide bonds. The molecule has 0 radical (unpaired) electrons. The third-order valence-electron chi connectivity index (χ3n) is 2.96. The number of halogens is 2. The van der Waals surface area contributed by atoms with Crippen molar-refractivity contribution in [3.05, 3.63) is 12.2 Å². The number of hydrogen-bond donors (Lipinski definition) is 1. The van der Waals surface area contributed by atoms with Gasteiger partial charge in [0.05, 0.1) is 6.54 Å². The van der Waals surface area contributed by atoms with Crippen LogP contribution in [0, 0.1) is 0 Å². The topological polar surface area (TPSA) is 15.3 Å². The molecule has 0 aromatic heterocycles. The highest BCUT2D eigenvalue weighted by Crippen LogP contribution is 2.11. The maximum atomic E-state index is 12.1. The first-order valence-corrected chi connectivity index (χ1v) is 6.07. The van der Waals surface area contributed by atoms with E-state index in [1.807, 2.05) is 17.9 Å². The summed E-state index contributed by atoms with van der Waals surface area (Å²) in [5.74, 6) is 0. The zero-order valence-electron chi connectivity index (χ0n) is 9.96. The minimum Gasteiger partial charge on any atom is -0.314 e. The van der Waals surface area contributed by atoms with Gasteiger partial charge in [-0.25, -0.2) is 8.78 Å². The second-order valence-corrected chi connectivity index (χ2v) is 4.28. The lowest BCUT2D eigenvalue weighted by Gasteiger charge is -2.32. The molecule has 1 aliphatic heterocycles. The van der Waals surface area contributed by atoms with Gasteiger partial charge in [0.1, 0.15) is 0 Å². The normalized spacial score (nSPS) is 20.0. The molecule has 0 aromatic carbocycles. The third-order valence-corrected chi connectivity index (χ3v) is 2.96. The zero-order chi connectivity index (χ0) is 11.8. The maximum absolute atomic E-state index is 12.1. The van der Waals surface area contributed by atoms with Crippen molar-refractivity contribution in [1.82, 2.24) is 10.2 Å². The number of rotatable bonds is 6. The van der Waals surface area contributed by atoms with Crippen molar-refractivity contribution in [2.24, 2.45) is 0 Å². The Kier molecular flexibility index (Phi) is 6.57. The van der Waals surface area contributed by atoms with E-state index in [2.05, 4.69) is 11.4 Å². The molecule has 0 saturated carbocycles. The van der Waals surface area contributed by atoms with Crippen molar-refractivity contribution in [2.75, 3.05) is 26.2 Å². The average molecular weight is 232 g/mol. The number of allylic oxidation sites excluding steroid dienone is 1. The fourth-order valence-corrected chi connectivity index (χ4v) is 2.05. The highest BCUT2D eigenvalue weighted by Gasteiger charge is 2.20. The van der Waals surface area contributed by atoms with Crippen molar-refractivity contribution in [1.29, 1.82) is 0 Å². The Labute approximate surface area is 96.7 Å². The second kappa shape index (κ2) is 7.74. The van der Waals surface area contributed by atoms with Crippen LogP contribution >= 0.6 is 0 Å². The summed E-state index contributed by atoms with van der Waals surface area (Å²) in [6.07, 6.45) is 5.02. The Morgan fingerprint density at radius 1 is 1.38 bits per heavy atom. The van der Waals surface area contributed by atoms with Crippen LogP contribution in [-0.4, -0.2) is 43.5 Å². The SMILES string of the molecule is C/C=C/CCNC1CCN(CC(F)F)CC1. The molecular formula is C12H22F2N2. The zero-order valence-corrected chi connectivity index (χ0v) is 9.96. The van der Waals surface area contributed by atoms with Crippen LogP contribution in [-0.2, 0) is 0 Å². The molecule has 16 heavy (non-hydrogen) atoms. The first-order valence-electron chi connectivity index (χ1n) is 6.07. The number of alkyl halides is 2. The van der Waals surface area contributed by atoms with Gasteiger partial charge in [-0.3, -0.25) is 4.90 Å². The quantitative estimate of drug-likeness (QED) is 0.558. The Hall–Kier alpha value is -0.480. The highest BCUT2D eigenvalue weighted by molar-refractivity contribution is 4.81. The Balaban J connectivity index is 2.07. The lowest BCUT2D eigenvalue weighted by molar-refractivity contribution is 0.0732. The fraction of sp³-hybridized carbons (Fsp3) is 0.833. The summed E-state index contributed by atoms with van der Waals surface area (Å²) >= 11 is 0. The van der Waals surface area contributed by atoms with E-state index in [0.29, 0.717) is 6.04 Å². The molecule has 0 aliphatic carbocycles. The molecule has 1 fully saturated rings. The van der Waals surface area contributed by atoms with Gasteiger partial charge in [0, 0.05) is 6.04 Å². The Morgan fingerprint density at radius 3 is 2.62 bits per heavy atom. The van der Waals surface area contributed by atoms with Crippen LogP contribution < -0.4 is 5.32 Å². The summed E-state index contributed by atoms with van der Waals surface area (Å²) in [4.78, 5) is 1.86. The largest absolute Gasteiger partial charge is 0.314 e. The number of nitrogens with zero attached hydrogens (tertiary/aromatic N) is 1. The summed E-state index contributed by atoms with van der Waals surface area (Å²) in [6, 6.07) is 0.513. The van der Waals surface area contributed by atoms with Crippen molar-refractivity contribution in [2.45, 2.75) is 38.7 Å². The highest BCUT2D eigenvalue weighted by atomic mass is 19.3. The van der Waals surface area contributed by atoms with Gasteiger partial charge >= 0.3 is 0 Å². The first-order chi connectivity index (χ1) is 7.72. The lowest BCUT2D eigenvalue weighted by Crippen LogP contribution is -2.44. The molecule has 2 nitrogen and oxygen atoms in total. The minimum atomic E-state index is -2.20. The lowest BCUT2D eigenvalue weighted by atomic mass is 10.1. The first kappa shape index (κ1) is 13.6. The number of nitrogens with one attached hydrogen (secondary N) is 1. The van der Waals surface area contributed by atoms with Crippen LogP contribution in [0.2, 0.25) is 0 Å². The van der Waals surface area contributed by atoms with Crippen LogP contribution in [0.5, 0.6) is 0 Å². The summed E-state index contributed by atoms with van der Waals surface area (Å²) in [7, 11) is 0. The Bertz CT molecular complexity index is 199. The second-order valence-electron chi connectivity index (χ2n) is 4.28. The van der Waals surface area contributed by atoms with Gasteiger partial charge < -0.3 is 5.32 Å². The molecule has 0 spiro atoms. The van der Waals surface area contributed by atoms with E-state index in [9.17, 15) is 8.78 Å². The molecule has 0 atom stereocenters. The van der Waals surface area contributed by atoms with E-state index in [1.54, 1.807) is 0 Å². The van der Waals surface area contributed by atoms with Crippen LogP contribution in [0.3, 0.4) is 0 Å². The number of piperidine rings is 1. The van der Waals surface area contributed by atoms with Crippen LogP contribution in [0.4, 0.5) is 8.78 Å². The molecule has 1 N–H and O–H groups in total. The molecule has 1 heterocycles.